The second-order valence-corrected chi connectivity index (χ2v) is 30.1. The first-order valence-electron chi connectivity index (χ1n) is 38.9. The van der Waals surface area contributed by atoms with E-state index in [2.05, 4.69) is 0 Å². The van der Waals surface area contributed by atoms with Crippen molar-refractivity contribution in [2.24, 2.45) is 0 Å². The van der Waals surface area contributed by atoms with Crippen molar-refractivity contribution in [3.8, 4) is 68.2 Å². The quantitative estimate of drug-likeness (QED) is 0.0437. The van der Waals surface area contributed by atoms with Crippen molar-refractivity contribution in [2.75, 3.05) is 22.9 Å². The topological polar surface area (TPSA) is 141 Å². The first-order valence-corrected chi connectivity index (χ1v) is 38.9. The van der Waals surface area contributed by atoms with Crippen LogP contribution in [0.1, 0.15) is 165 Å². The highest BCUT2D eigenvalue weighted by Crippen LogP contribution is 2.64. The van der Waals surface area contributed by atoms with Gasteiger partial charge in [0, 0.05) is 22.7 Å². The molecule has 0 atom stereocenters. The highest BCUT2D eigenvalue weighted by atomic mass is 19.4. The van der Waals surface area contributed by atoms with Gasteiger partial charge >= 0.3 is 49.4 Å². The highest BCUT2D eigenvalue weighted by Gasteiger charge is 2.57. The summed E-state index contributed by atoms with van der Waals surface area (Å²) in [6.45, 7) is 6.82. The maximum atomic E-state index is 15.4. The number of nitrogens with two attached hydrogens (primary N) is 4. The van der Waals surface area contributed by atoms with Gasteiger partial charge in [0.05, 0.1) is 55.3 Å². The van der Waals surface area contributed by atoms with Gasteiger partial charge in [-0.3, -0.25) is 0 Å². The highest BCUT2D eigenvalue weighted by molar-refractivity contribution is 5.89. The molecule has 0 spiro atoms. The molecule has 660 valence electrons. The van der Waals surface area contributed by atoms with E-state index in [9.17, 15) is 0 Å². The smallest absolute Gasteiger partial charge is 0.420 e. The van der Waals surface area contributed by atoms with Crippen LogP contribution in [0.15, 0.2) is 218 Å². The number of aryl methyl sites for hydroxylation is 4. The molecule has 0 aromatic heterocycles. The molecule has 0 heterocycles. The molecule has 0 fully saturated rings. The van der Waals surface area contributed by atoms with E-state index in [0.29, 0.717) is 25.7 Å². The Morgan fingerprint density at radius 1 is 0.222 bits per heavy atom. The number of ether oxygens (including phenoxy) is 4. The summed E-state index contributed by atoms with van der Waals surface area (Å²) < 4.78 is 393. The summed E-state index contributed by atoms with van der Waals surface area (Å²) >= 11 is 0. The van der Waals surface area contributed by atoms with Gasteiger partial charge < -0.3 is 41.9 Å². The largest absolute Gasteiger partial charge is 0.456 e. The summed E-state index contributed by atoms with van der Waals surface area (Å²) in [7, 11) is 0. The Kier molecular flexibility index (Phi) is 24.4. The first kappa shape index (κ1) is 91.1. The Labute approximate surface area is 704 Å². The van der Waals surface area contributed by atoms with Gasteiger partial charge in [-0.1, -0.05) is 150 Å². The molecule has 0 bridgehead atoms. The van der Waals surface area contributed by atoms with Crippen molar-refractivity contribution in [2.45, 2.75) is 139 Å². The minimum absolute atomic E-state index is 0.134. The monoisotopic (exact) mass is 1780 g/mol. The molecule has 0 saturated heterocycles. The maximum Gasteiger partial charge on any atom is 0.420 e. The Hall–Kier alpha value is -12.6. The fraction of sp³-hybridized carbons (Fsp3) is 0.234. The zero-order valence-electron chi connectivity index (χ0n) is 66.5. The number of benzene rings is 12. The summed E-state index contributed by atoms with van der Waals surface area (Å²) in [5, 5.41) is 0. The van der Waals surface area contributed by atoms with Crippen molar-refractivity contribution >= 4 is 22.7 Å². The van der Waals surface area contributed by atoms with Crippen LogP contribution < -0.4 is 41.9 Å². The first-order chi connectivity index (χ1) is 59.0. The molecule has 12 aromatic carbocycles. The average molecular weight is 1780 g/mol. The minimum Gasteiger partial charge on any atom is -0.456 e. The molecule has 14 rings (SSSR count). The zero-order chi connectivity index (χ0) is 91.7. The molecule has 8 N–H and O–H groups in total. The number of rotatable bonds is 20. The van der Waals surface area contributed by atoms with E-state index < -0.39 is 150 Å². The number of fused-ring (bicyclic) bond motifs is 6. The number of halogens is 24. The summed E-state index contributed by atoms with van der Waals surface area (Å²) in [5.74, 6) is -8.27. The van der Waals surface area contributed by atoms with Gasteiger partial charge in [-0.2, -0.15) is 105 Å². The van der Waals surface area contributed by atoms with Crippen LogP contribution in [0, 0.1) is 0 Å². The molecule has 32 heteroatoms. The normalized spacial score (nSPS) is 13.7. The van der Waals surface area contributed by atoms with E-state index in [-0.39, 0.29) is 187 Å². The summed E-state index contributed by atoms with van der Waals surface area (Å²) in [6.07, 6.45) is -43.0. The molecule has 126 heavy (non-hydrogen) atoms. The molecular weight excluding hydrogens is 1710 g/mol. The van der Waals surface area contributed by atoms with Crippen LogP contribution in [0.5, 0.6) is 46.0 Å². The minimum atomic E-state index is -5.63. The van der Waals surface area contributed by atoms with E-state index in [4.69, 9.17) is 41.9 Å². The Morgan fingerprint density at radius 3 is 0.532 bits per heavy atom. The summed E-state index contributed by atoms with van der Waals surface area (Å²) in [5.41, 5.74) is -0.560. The molecule has 0 aliphatic heterocycles. The Balaban J connectivity index is 0.000000216. The van der Waals surface area contributed by atoms with Crippen LogP contribution in [-0.2, 0) is 85.9 Å². The second kappa shape index (κ2) is 33.7. The van der Waals surface area contributed by atoms with E-state index in [1.807, 2.05) is 0 Å². The van der Waals surface area contributed by atoms with Gasteiger partial charge in [-0.25, -0.2) is 0 Å². The maximum absolute atomic E-state index is 15.4. The van der Waals surface area contributed by atoms with Crippen LogP contribution in [0.2, 0.25) is 0 Å². The lowest BCUT2D eigenvalue weighted by Crippen LogP contribution is -2.31. The van der Waals surface area contributed by atoms with Crippen LogP contribution in [0.3, 0.4) is 0 Å². The zero-order valence-corrected chi connectivity index (χ0v) is 66.5. The lowest BCUT2D eigenvalue weighted by molar-refractivity contribution is -0.147. The van der Waals surface area contributed by atoms with Gasteiger partial charge in [0.25, 0.3) is 0 Å². The molecule has 8 nitrogen and oxygen atoms in total. The van der Waals surface area contributed by atoms with Crippen molar-refractivity contribution in [1.82, 2.24) is 0 Å². The number of anilines is 4. The Morgan fingerprint density at radius 2 is 0.381 bits per heavy atom. The SMILES string of the molecule is CCCc1cc(N)ccc1Oc1c(C(F)(F)F)cc(C2(c3cc(C(F)(F)F)c(Oc4ccc(N)cc4CCC)c(C(F)(F)F)c3)c3ccccc3-c3ccccc32)cc1C(F)(F)F.CCCc1cc(N)ccc1Oc1c(C(F)(F)F)cc(C2(c3cc(C(F)(F)F)c(Oc4ccc(N)cc4CCC)c(C(F)(F)F)c3)c3ccccc3-c3ccccc32)cc1C(F)(F)F. The lowest BCUT2D eigenvalue weighted by Gasteiger charge is -2.36. The molecule has 0 radical (unpaired) electrons. The van der Waals surface area contributed by atoms with Gasteiger partial charge in [0.2, 0.25) is 0 Å². The summed E-state index contributed by atoms with van der Waals surface area (Å²) in [4.78, 5) is 0. The number of alkyl halides is 24. The van der Waals surface area contributed by atoms with E-state index in [0.717, 1.165) is 24.3 Å². The third-order valence-electron chi connectivity index (χ3n) is 21.7. The van der Waals surface area contributed by atoms with E-state index >= 15 is 105 Å². The number of nitrogen functional groups attached to an aromatic ring is 4. The van der Waals surface area contributed by atoms with E-state index in [1.54, 1.807) is 27.7 Å². The predicted molar refractivity (Wildman–Crippen MR) is 427 cm³/mol. The molecule has 12 aromatic rings. The number of hydrogen-bond donors (Lipinski definition) is 4. The van der Waals surface area contributed by atoms with E-state index in [1.165, 1.54) is 146 Å². The molecule has 0 saturated carbocycles. The van der Waals surface area contributed by atoms with Crippen LogP contribution in [-0.4, -0.2) is 0 Å². The Bertz CT molecular complexity index is 5260. The van der Waals surface area contributed by atoms with Gasteiger partial charge in [0.15, 0.2) is 23.0 Å². The second-order valence-electron chi connectivity index (χ2n) is 30.1. The van der Waals surface area contributed by atoms with Crippen LogP contribution >= 0.6 is 0 Å². The average Bonchev–Trinajstić information content (AvgIpc) is 1.47. The van der Waals surface area contributed by atoms with Gasteiger partial charge in [0.1, 0.15) is 23.0 Å². The fourth-order valence-corrected chi connectivity index (χ4v) is 16.6. The third-order valence-corrected chi connectivity index (χ3v) is 21.7. The molecule has 0 unspecified atom stereocenters. The van der Waals surface area contributed by atoms with Crippen molar-refractivity contribution in [1.29, 1.82) is 0 Å². The molecule has 2 aliphatic rings. The number of hydrogen-bond acceptors (Lipinski definition) is 8. The van der Waals surface area contributed by atoms with Gasteiger partial charge in [-0.05, 0) is 236 Å². The predicted octanol–water partition coefficient (Wildman–Crippen LogP) is 29.6. The molecular formula is C94H72F24N4O4. The van der Waals surface area contributed by atoms with Crippen molar-refractivity contribution in [3.63, 3.8) is 0 Å². The van der Waals surface area contributed by atoms with Crippen LogP contribution in [0.4, 0.5) is 128 Å². The van der Waals surface area contributed by atoms with Gasteiger partial charge in [-0.15, -0.1) is 0 Å². The van der Waals surface area contributed by atoms with Crippen molar-refractivity contribution in [3.05, 3.63) is 330 Å². The fourth-order valence-electron chi connectivity index (χ4n) is 16.6. The standard InChI is InChI=1S/2C47H36F12N2O2/c2*1-3-9-25-19-29(60)15-17-39(25)62-41-35(44(48,49)50)21-27(22-36(41)45(51,52)53)43(33-13-7-5-11-31(33)32-12-6-8-14-34(32)43)28-23-37(46(54,55)56)42(38(24-28)47(57,58)59)63-40-18-16-30(61)20-26(40)10-4-2/h2*5-8,11-24H,3-4,9-10,60-61H2,1-2H3. The molecule has 2 aliphatic carbocycles. The van der Waals surface area contributed by atoms with Crippen LogP contribution in [0.25, 0.3) is 22.3 Å². The lowest BCUT2D eigenvalue weighted by atomic mass is 9.66. The van der Waals surface area contributed by atoms with Crippen molar-refractivity contribution < 1.29 is 124 Å². The molecule has 0 amide bonds. The third kappa shape index (κ3) is 17.4. The summed E-state index contributed by atoms with van der Waals surface area (Å²) in [6, 6.07) is 38.7.